The van der Waals surface area contributed by atoms with Gasteiger partial charge >= 0.3 is 0 Å². The minimum absolute atomic E-state index is 0.343. The van der Waals surface area contributed by atoms with Crippen molar-refractivity contribution in [3.8, 4) is 11.1 Å². The van der Waals surface area contributed by atoms with E-state index in [0.717, 1.165) is 66.0 Å². The number of rotatable bonds is 5. The monoisotopic (exact) mass is 391 g/mol. The summed E-state index contributed by atoms with van der Waals surface area (Å²) in [4.78, 5) is 19.2. The molecule has 6 nitrogen and oxygen atoms in total. The van der Waals surface area contributed by atoms with Crippen molar-refractivity contribution in [1.82, 2.24) is 14.9 Å². The second kappa shape index (κ2) is 7.87. The van der Waals surface area contributed by atoms with Gasteiger partial charge < -0.3 is 20.5 Å². The van der Waals surface area contributed by atoms with E-state index in [-0.39, 0.29) is 0 Å². The highest BCUT2D eigenvalue weighted by Gasteiger charge is 2.18. The number of pyridine rings is 1. The predicted octanol–water partition coefficient (Wildman–Crippen LogP) is 3.49. The van der Waals surface area contributed by atoms with Gasteiger partial charge in [0.15, 0.2) is 0 Å². The van der Waals surface area contributed by atoms with Crippen molar-refractivity contribution < 1.29 is 4.79 Å². The molecule has 3 N–H and O–H groups in total. The smallest absolute Gasteiger partial charge is 0.249 e. The lowest BCUT2D eigenvalue weighted by atomic mass is 9.99. The minimum atomic E-state index is -0.396. The standard InChI is InChI=1S/C23H29N5O/c1-4-16(3)28-14-15(2)22-19(23(24)29)11-18(12-20(22)28)17-5-6-21(26-13-17)27-9-7-25-8-10-27/h5-6,11-14,16,25H,4,7-10H2,1-3H3,(H2,24,29)/t16-/m1/s1. The molecule has 0 unspecified atom stereocenters. The predicted molar refractivity (Wildman–Crippen MR) is 119 cm³/mol. The van der Waals surface area contributed by atoms with Gasteiger partial charge in [0.1, 0.15) is 5.82 Å². The van der Waals surface area contributed by atoms with E-state index in [1.807, 2.05) is 19.2 Å². The van der Waals surface area contributed by atoms with Gasteiger partial charge in [-0.2, -0.15) is 0 Å². The molecule has 152 valence electrons. The number of nitrogens with one attached hydrogen (secondary N) is 1. The minimum Gasteiger partial charge on any atom is -0.366 e. The third-order valence-corrected chi connectivity index (χ3v) is 5.98. The zero-order chi connectivity index (χ0) is 20.5. The molecule has 0 radical (unpaired) electrons. The molecule has 1 aromatic carbocycles. The number of primary amides is 1. The summed E-state index contributed by atoms with van der Waals surface area (Å²) in [6.45, 7) is 10.3. The third-order valence-electron chi connectivity index (χ3n) is 5.98. The molecule has 1 fully saturated rings. The fourth-order valence-electron chi connectivity index (χ4n) is 4.15. The Kier molecular flexibility index (Phi) is 5.28. The van der Waals surface area contributed by atoms with Gasteiger partial charge in [-0.25, -0.2) is 4.98 Å². The molecule has 6 heteroatoms. The van der Waals surface area contributed by atoms with Crippen molar-refractivity contribution in [3.63, 3.8) is 0 Å². The fourth-order valence-corrected chi connectivity index (χ4v) is 4.15. The number of fused-ring (bicyclic) bond motifs is 1. The van der Waals surface area contributed by atoms with Gasteiger partial charge in [0, 0.05) is 66.6 Å². The summed E-state index contributed by atoms with van der Waals surface area (Å²) in [5, 5.41) is 4.31. The van der Waals surface area contributed by atoms with E-state index in [2.05, 4.69) is 58.0 Å². The van der Waals surface area contributed by atoms with Crippen LogP contribution in [-0.2, 0) is 0 Å². The summed E-state index contributed by atoms with van der Waals surface area (Å²) in [5.74, 6) is 0.595. The highest BCUT2D eigenvalue weighted by Crippen LogP contribution is 2.33. The Bertz CT molecular complexity index is 1030. The molecule has 3 aromatic rings. The van der Waals surface area contributed by atoms with Gasteiger partial charge in [-0.3, -0.25) is 4.79 Å². The SMILES string of the molecule is CC[C@@H](C)n1cc(C)c2c(C(N)=O)cc(-c3ccc(N4CCNCC4)nc3)cc21. The van der Waals surface area contributed by atoms with Crippen LogP contribution in [0.1, 0.15) is 42.2 Å². The molecule has 4 rings (SSSR count). The molecule has 29 heavy (non-hydrogen) atoms. The highest BCUT2D eigenvalue weighted by atomic mass is 16.1. The number of hydrogen-bond acceptors (Lipinski definition) is 4. The molecule has 0 bridgehead atoms. The normalized spacial score (nSPS) is 15.6. The highest BCUT2D eigenvalue weighted by molar-refractivity contribution is 6.08. The average Bonchev–Trinajstić information content (AvgIpc) is 3.09. The lowest BCUT2D eigenvalue weighted by Crippen LogP contribution is -2.43. The maximum atomic E-state index is 12.2. The summed E-state index contributed by atoms with van der Waals surface area (Å²) in [6.07, 6.45) is 5.04. The number of benzene rings is 1. The number of nitrogens with zero attached hydrogens (tertiary/aromatic N) is 3. The van der Waals surface area contributed by atoms with Crippen LogP contribution in [0.5, 0.6) is 0 Å². The van der Waals surface area contributed by atoms with E-state index in [1.165, 1.54) is 0 Å². The van der Waals surface area contributed by atoms with Crippen molar-refractivity contribution in [3.05, 3.63) is 47.8 Å². The molecule has 1 atom stereocenters. The Morgan fingerprint density at radius 3 is 2.62 bits per heavy atom. The molecule has 3 heterocycles. The molecule has 0 spiro atoms. The van der Waals surface area contributed by atoms with Crippen LogP contribution in [0.15, 0.2) is 36.7 Å². The van der Waals surface area contributed by atoms with Gasteiger partial charge in [0.25, 0.3) is 0 Å². The molecule has 1 amide bonds. The molecule has 1 aliphatic rings. The van der Waals surface area contributed by atoms with E-state index in [4.69, 9.17) is 5.73 Å². The van der Waals surface area contributed by atoms with Crippen molar-refractivity contribution in [2.24, 2.45) is 5.73 Å². The summed E-state index contributed by atoms with van der Waals surface area (Å²) in [7, 11) is 0. The van der Waals surface area contributed by atoms with Crippen LogP contribution >= 0.6 is 0 Å². The molecule has 1 saturated heterocycles. The van der Waals surface area contributed by atoms with Gasteiger partial charge in [-0.1, -0.05) is 6.92 Å². The van der Waals surface area contributed by atoms with Crippen LogP contribution in [0.2, 0.25) is 0 Å². The zero-order valence-corrected chi connectivity index (χ0v) is 17.4. The first-order valence-corrected chi connectivity index (χ1v) is 10.4. The first-order valence-electron chi connectivity index (χ1n) is 10.4. The van der Waals surface area contributed by atoms with Crippen molar-refractivity contribution in [2.75, 3.05) is 31.1 Å². The van der Waals surface area contributed by atoms with Crippen LogP contribution in [0, 0.1) is 6.92 Å². The number of amides is 1. The van der Waals surface area contributed by atoms with Gasteiger partial charge in [-0.15, -0.1) is 0 Å². The second-order valence-corrected chi connectivity index (χ2v) is 7.90. The fraction of sp³-hybridized carbons (Fsp3) is 0.391. The Morgan fingerprint density at radius 1 is 1.24 bits per heavy atom. The number of carbonyl (C=O) groups excluding carboxylic acids is 1. The Balaban J connectivity index is 1.80. The molecule has 0 aliphatic carbocycles. The van der Waals surface area contributed by atoms with Gasteiger partial charge in [0.05, 0.1) is 0 Å². The Labute approximate surface area is 171 Å². The summed E-state index contributed by atoms with van der Waals surface area (Å²) >= 11 is 0. The lowest BCUT2D eigenvalue weighted by molar-refractivity contribution is 0.100. The summed E-state index contributed by atoms with van der Waals surface area (Å²) in [6, 6.07) is 8.55. The first-order chi connectivity index (χ1) is 14.0. The number of carbonyl (C=O) groups is 1. The summed E-state index contributed by atoms with van der Waals surface area (Å²) < 4.78 is 2.25. The second-order valence-electron chi connectivity index (χ2n) is 7.90. The lowest BCUT2D eigenvalue weighted by Gasteiger charge is -2.28. The van der Waals surface area contributed by atoms with Crippen LogP contribution < -0.4 is 16.0 Å². The largest absolute Gasteiger partial charge is 0.366 e. The maximum Gasteiger partial charge on any atom is 0.249 e. The van der Waals surface area contributed by atoms with Crippen LogP contribution in [-0.4, -0.2) is 41.6 Å². The van der Waals surface area contributed by atoms with E-state index >= 15 is 0 Å². The summed E-state index contributed by atoms with van der Waals surface area (Å²) in [5.41, 5.74) is 10.4. The average molecular weight is 392 g/mol. The van der Waals surface area contributed by atoms with Crippen LogP contribution in [0.4, 0.5) is 5.82 Å². The molecule has 2 aromatic heterocycles. The maximum absolute atomic E-state index is 12.2. The Hall–Kier alpha value is -2.86. The molecule has 1 aliphatic heterocycles. The molecular weight excluding hydrogens is 362 g/mol. The number of hydrogen-bond donors (Lipinski definition) is 2. The van der Waals surface area contributed by atoms with Gasteiger partial charge in [-0.05, 0) is 55.7 Å². The van der Waals surface area contributed by atoms with E-state index in [9.17, 15) is 4.79 Å². The number of aryl methyl sites for hydroxylation is 1. The van der Waals surface area contributed by atoms with Crippen LogP contribution in [0.25, 0.3) is 22.0 Å². The third kappa shape index (κ3) is 3.60. The first kappa shape index (κ1) is 19.5. The molecule has 0 saturated carbocycles. The number of piperazine rings is 1. The van der Waals surface area contributed by atoms with Crippen LogP contribution in [0.3, 0.4) is 0 Å². The van der Waals surface area contributed by atoms with E-state index in [1.54, 1.807) is 0 Å². The van der Waals surface area contributed by atoms with Crippen molar-refractivity contribution in [1.29, 1.82) is 0 Å². The Morgan fingerprint density at radius 2 is 2.00 bits per heavy atom. The number of aromatic nitrogens is 2. The number of nitrogens with two attached hydrogens (primary N) is 1. The van der Waals surface area contributed by atoms with Crippen molar-refractivity contribution in [2.45, 2.75) is 33.2 Å². The topological polar surface area (TPSA) is 76.2 Å². The quantitative estimate of drug-likeness (QED) is 0.698. The van der Waals surface area contributed by atoms with E-state index in [0.29, 0.717) is 11.6 Å². The number of anilines is 1. The van der Waals surface area contributed by atoms with Gasteiger partial charge in [0.2, 0.25) is 5.91 Å². The molecular formula is C23H29N5O. The van der Waals surface area contributed by atoms with Crippen molar-refractivity contribution >= 4 is 22.6 Å². The zero-order valence-electron chi connectivity index (χ0n) is 17.4. The van der Waals surface area contributed by atoms with E-state index < -0.39 is 5.91 Å².